The maximum absolute atomic E-state index is 13.9. The van der Waals surface area contributed by atoms with Crippen LogP contribution in [0.3, 0.4) is 0 Å². The molecule has 3 heterocycles. The van der Waals surface area contributed by atoms with Gasteiger partial charge in [0.05, 0.1) is 23.2 Å². The van der Waals surface area contributed by atoms with E-state index in [2.05, 4.69) is 6.58 Å². The van der Waals surface area contributed by atoms with Crippen molar-refractivity contribution in [2.45, 2.75) is 5.54 Å². The zero-order chi connectivity index (χ0) is 21.0. The van der Waals surface area contributed by atoms with Crippen molar-refractivity contribution < 1.29 is 19.1 Å². The van der Waals surface area contributed by atoms with Crippen LogP contribution in [0.1, 0.15) is 21.7 Å². The molecule has 7 nitrogen and oxygen atoms in total. The number of hydrogen-bond acceptors (Lipinski definition) is 5. The molecule has 2 aliphatic rings. The predicted octanol–water partition coefficient (Wildman–Crippen LogP) is 2.02. The molecule has 0 fully saturated rings. The molecule has 1 unspecified atom stereocenters. The van der Waals surface area contributed by atoms with Crippen LogP contribution < -0.4 is 10.3 Å². The zero-order valence-electron chi connectivity index (χ0n) is 16.0. The summed E-state index contributed by atoms with van der Waals surface area (Å²) in [5.74, 6) is -1.19. The van der Waals surface area contributed by atoms with Gasteiger partial charge in [-0.05, 0) is 18.2 Å². The summed E-state index contributed by atoms with van der Waals surface area (Å²) in [7, 11) is 0. The SMILES string of the molecule is C=CCN1C(=O)C2(c3ccccc31)c1c(oc3ccccc3c1=O)C(=O)N2CCO. The number of rotatable bonds is 4. The van der Waals surface area contributed by atoms with Crippen molar-refractivity contribution in [2.75, 3.05) is 24.6 Å². The molecule has 1 N–H and O–H groups in total. The molecule has 2 aromatic carbocycles. The summed E-state index contributed by atoms with van der Waals surface area (Å²) >= 11 is 0. The van der Waals surface area contributed by atoms with Crippen molar-refractivity contribution in [1.29, 1.82) is 0 Å². The number of aliphatic hydroxyl groups is 1. The average molecular weight is 402 g/mol. The fourth-order valence-corrected chi connectivity index (χ4v) is 4.65. The number of benzene rings is 2. The van der Waals surface area contributed by atoms with Gasteiger partial charge in [0.15, 0.2) is 11.0 Å². The second-order valence-corrected chi connectivity index (χ2v) is 7.24. The lowest BCUT2D eigenvalue weighted by atomic mass is 9.84. The lowest BCUT2D eigenvalue weighted by molar-refractivity contribution is -0.126. The van der Waals surface area contributed by atoms with Crippen molar-refractivity contribution >= 4 is 28.5 Å². The smallest absolute Gasteiger partial charge is 0.291 e. The fraction of sp³-hybridized carbons (Fsp3) is 0.174. The first kappa shape index (κ1) is 18.3. The van der Waals surface area contributed by atoms with Gasteiger partial charge < -0.3 is 19.3 Å². The first-order chi connectivity index (χ1) is 14.6. The van der Waals surface area contributed by atoms with Crippen LogP contribution in [0.4, 0.5) is 5.69 Å². The second-order valence-electron chi connectivity index (χ2n) is 7.24. The van der Waals surface area contributed by atoms with Crippen LogP contribution in [0.5, 0.6) is 0 Å². The van der Waals surface area contributed by atoms with Gasteiger partial charge in [0.1, 0.15) is 5.58 Å². The van der Waals surface area contributed by atoms with Gasteiger partial charge in [0, 0.05) is 18.7 Å². The van der Waals surface area contributed by atoms with E-state index in [9.17, 15) is 19.5 Å². The fourth-order valence-electron chi connectivity index (χ4n) is 4.65. The van der Waals surface area contributed by atoms with Crippen molar-refractivity contribution in [3.8, 4) is 0 Å². The van der Waals surface area contributed by atoms with Gasteiger partial charge in [0.2, 0.25) is 5.76 Å². The summed E-state index contributed by atoms with van der Waals surface area (Å²) in [4.78, 5) is 43.6. The van der Waals surface area contributed by atoms with Gasteiger partial charge >= 0.3 is 0 Å². The number of para-hydroxylation sites is 2. The molecule has 150 valence electrons. The third-order valence-corrected chi connectivity index (χ3v) is 5.78. The van der Waals surface area contributed by atoms with Gasteiger partial charge in [-0.15, -0.1) is 6.58 Å². The van der Waals surface area contributed by atoms with E-state index < -0.39 is 22.8 Å². The van der Waals surface area contributed by atoms with Crippen LogP contribution in [0.25, 0.3) is 11.0 Å². The van der Waals surface area contributed by atoms with E-state index in [0.717, 1.165) is 0 Å². The summed E-state index contributed by atoms with van der Waals surface area (Å²) in [6.07, 6.45) is 1.59. The molecular weight excluding hydrogens is 384 g/mol. The van der Waals surface area contributed by atoms with E-state index in [-0.39, 0.29) is 36.6 Å². The molecule has 5 rings (SSSR count). The Morgan fingerprint density at radius 3 is 2.57 bits per heavy atom. The van der Waals surface area contributed by atoms with Gasteiger partial charge in [-0.25, -0.2) is 0 Å². The topological polar surface area (TPSA) is 91.1 Å². The number of β-amino-alcohol motifs (C(OH)–C–C–N with tert-alkyl or cyclic N) is 1. The van der Waals surface area contributed by atoms with Crippen LogP contribution in [0.2, 0.25) is 0 Å². The zero-order valence-corrected chi connectivity index (χ0v) is 16.0. The minimum atomic E-state index is -1.68. The predicted molar refractivity (Wildman–Crippen MR) is 110 cm³/mol. The molecule has 0 saturated heterocycles. The normalized spacial score (nSPS) is 19.6. The number of carbonyl (C=O) groups excluding carboxylic acids is 2. The summed E-state index contributed by atoms with van der Waals surface area (Å²) in [6.45, 7) is 3.45. The van der Waals surface area contributed by atoms with Crippen molar-refractivity contribution in [3.63, 3.8) is 0 Å². The van der Waals surface area contributed by atoms with Gasteiger partial charge in [-0.1, -0.05) is 36.4 Å². The Morgan fingerprint density at radius 2 is 1.80 bits per heavy atom. The molecule has 2 amide bonds. The molecule has 1 atom stereocenters. The highest BCUT2D eigenvalue weighted by atomic mass is 16.3. The van der Waals surface area contributed by atoms with Crippen LogP contribution in [0.15, 0.2) is 70.4 Å². The second kappa shape index (κ2) is 6.40. The Labute approximate surface area is 171 Å². The summed E-state index contributed by atoms with van der Waals surface area (Å²) in [6, 6.07) is 13.7. The molecule has 1 spiro atoms. The quantitative estimate of drug-likeness (QED) is 0.675. The molecule has 3 aromatic rings. The molecule has 0 saturated carbocycles. The number of amides is 2. The van der Waals surface area contributed by atoms with Crippen LogP contribution in [-0.4, -0.2) is 41.5 Å². The first-order valence-corrected chi connectivity index (χ1v) is 9.58. The summed E-state index contributed by atoms with van der Waals surface area (Å²) in [5, 5.41) is 9.98. The third-order valence-electron chi connectivity index (χ3n) is 5.78. The lowest BCUT2D eigenvalue weighted by Crippen LogP contribution is -2.54. The lowest BCUT2D eigenvalue weighted by Gasteiger charge is -2.33. The number of carbonyl (C=O) groups is 2. The highest BCUT2D eigenvalue weighted by molar-refractivity contribution is 6.17. The number of nitrogens with zero attached hydrogens (tertiary/aromatic N) is 2. The molecular formula is C23H18N2O5. The minimum absolute atomic E-state index is 0.00339. The van der Waals surface area contributed by atoms with E-state index in [4.69, 9.17) is 4.42 Å². The largest absolute Gasteiger partial charge is 0.450 e. The van der Waals surface area contributed by atoms with Gasteiger partial charge in [-0.2, -0.15) is 0 Å². The molecule has 1 aromatic heterocycles. The molecule has 0 radical (unpaired) electrons. The number of hydrogen-bond donors (Lipinski definition) is 1. The maximum Gasteiger partial charge on any atom is 0.291 e. The van der Waals surface area contributed by atoms with E-state index in [1.165, 1.54) is 9.80 Å². The van der Waals surface area contributed by atoms with Crippen molar-refractivity contribution in [1.82, 2.24) is 4.90 Å². The maximum atomic E-state index is 13.9. The number of anilines is 1. The number of fused-ring (bicyclic) bond motifs is 5. The van der Waals surface area contributed by atoms with E-state index in [1.807, 2.05) is 0 Å². The Bertz CT molecular complexity index is 1290. The molecule has 0 aliphatic carbocycles. The monoisotopic (exact) mass is 402 g/mol. The Kier molecular flexibility index (Phi) is 3.91. The number of aliphatic hydroxyl groups excluding tert-OH is 1. The first-order valence-electron chi connectivity index (χ1n) is 9.58. The van der Waals surface area contributed by atoms with Gasteiger partial charge in [-0.3, -0.25) is 14.4 Å². The average Bonchev–Trinajstić information content (AvgIpc) is 3.15. The van der Waals surface area contributed by atoms with E-state index >= 15 is 0 Å². The molecule has 7 heteroatoms. The Balaban J connectivity index is 1.94. The Morgan fingerprint density at radius 1 is 1.07 bits per heavy atom. The van der Waals surface area contributed by atoms with Gasteiger partial charge in [0.25, 0.3) is 11.8 Å². The van der Waals surface area contributed by atoms with Crippen LogP contribution in [-0.2, 0) is 10.3 Å². The van der Waals surface area contributed by atoms with Crippen LogP contribution in [0, 0.1) is 0 Å². The summed E-state index contributed by atoms with van der Waals surface area (Å²) in [5.41, 5.74) is -0.719. The highest BCUT2D eigenvalue weighted by Gasteiger charge is 2.64. The van der Waals surface area contributed by atoms with E-state index in [0.29, 0.717) is 16.6 Å². The minimum Gasteiger partial charge on any atom is -0.450 e. The third kappa shape index (κ3) is 2.04. The van der Waals surface area contributed by atoms with Crippen molar-refractivity contribution in [3.05, 3.63) is 88.3 Å². The Hall–Kier alpha value is -3.71. The van der Waals surface area contributed by atoms with E-state index in [1.54, 1.807) is 54.6 Å². The highest BCUT2D eigenvalue weighted by Crippen LogP contribution is 2.52. The molecule has 30 heavy (non-hydrogen) atoms. The summed E-state index contributed by atoms with van der Waals surface area (Å²) < 4.78 is 5.86. The molecule has 2 aliphatic heterocycles. The standard InChI is InChI=1S/C23H18N2O5/c1-2-11-24-16-9-5-4-8-15(16)23(22(24)29)18-19(27)14-7-3-6-10-17(14)30-20(18)21(28)25(23)12-13-26/h2-10,26H,1,11-13H2. The van der Waals surface area contributed by atoms with Crippen LogP contribution >= 0.6 is 0 Å². The molecule has 0 bridgehead atoms. The van der Waals surface area contributed by atoms with Crippen molar-refractivity contribution in [2.24, 2.45) is 0 Å².